The number of furan rings is 2. The molecule has 310 valence electrons. The summed E-state index contributed by atoms with van der Waals surface area (Å²) in [4.78, 5) is 0. The second-order valence-electron chi connectivity index (χ2n) is 13.5. The Bertz CT molecular complexity index is 2930. The van der Waals surface area contributed by atoms with E-state index in [-0.39, 0.29) is 0 Å². The second kappa shape index (κ2) is 16.2. The minimum Gasteiger partial charge on any atom is -0.741 e. The molecule has 2 aliphatic heterocycles. The predicted molar refractivity (Wildman–Crippen MR) is 207 cm³/mol. The van der Waals surface area contributed by atoms with Crippen molar-refractivity contribution < 1.29 is 70.3 Å². The summed E-state index contributed by atoms with van der Waals surface area (Å²) in [5.41, 5.74) is 0.880. The number of aryl methyl sites for hydroxylation is 3. The number of aromatic nitrogens is 2. The molecular formula is C42H30F6N2O8S2. The van der Waals surface area contributed by atoms with Gasteiger partial charge in [0.2, 0.25) is 17.1 Å². The number of benzene rings is 3. The van der Waals surface area contributed by atoms with Crippen LogP contribution in [-0.4, -0.2) is 37.0 Å². The first-order valence-corrected chi connectivity index (χ1v) is 20.7. The fourth-order valence-corrected chi connectivity index (χ4v) is 6.93. The molecule has 0 spiro atoms. The molecule has 7 aromatic rings. The van der Waals surface area contributed by atoms with E-state index in [0.717, 1.165) is 70.6 Å². The average Bonchev–Trinajstić information content (AvgIpc) is 3.81. The first kappa shape index (κ1) is 42.1. The van der Waals surface area contributed by atoms with Gasteiger partial charge in [-0.3, -0.25) is 0 Å². The number of nitrogens with zero attached hydrogens (tertiary/aromatic N) is 2. The lowest BCUT2D eigenvalue weighted by atomic mass is 9.84. The molecule has 0 aliphatic carbocycles. The molecule has 0 bridgehead atoms. The summed E-state index contributed by atoms with van der Waals surface area (Å²) in [5, 5.41) is 2.22. The van der Waals surface area contributed by atoms with Crippen LogP contribution in [0.1, 0.15) is 33.9 Å². The van der Waals surface area contributed by atoms with Gasteiger partial charge in [-0.15, -0.1) is 0 Å². The highest BCUT2D eigenvalue weighted by molar-refractivity contribution is 7.86. The van der Waals surface area contributed by atoms with E-state index in [9.17, 15) is 26.3 Å². The van der Waals surface area contributed by atoms with Crippen molar-refractivity contribution in [3.63, 3.8) is 0 Å². The Morgan fingerprint density at radius 2 is 1.05 bits per heavy atom. The molecule has 9 rings (SSSR count). The van der Waals surface area contributed by atoms with E-state index in [4.69, 9.17) is 34.8 Å². The zero-order valence-electron chi connectivity index (χ0n) is 30.8. The topological polar surface area (TPSA) is 148 Å². The second-order valence-corrected chi connectivity index (χ2v) is 16.2. The summed E-state index contributed by atoms with van der Waals surface area (Å²) in [6.45, 7) is 1.93. The number of hydrogen-bond acceptors (Lipinski definition) is 8. The minimum atomic E-state index is -6.09. The Kier molecular flexibility index (Phi) is 11.3. The summed E-state index contributed by atoms with van der Waals surface area (Å²) < 4.78 is 135. The van der Waals surface area contributed by atoms with Crippen molar-refractivity contribution in [2.75, 3.05) is 0 Å². The van der Waals surface area contributed by atoms with Crippen molar-refractivity contribution in [1.82, 2.24) is 0 Å². The van der Waals surface area contributed by atoms with Crippen molar-refractivity contribution in [3.8, 4) is 22.5 Å². The fraction of sp³-hybridized carbons (Fsp3) is 0.143. The maximum Gasteiger partial charge on any atom is 0.485 e. The first-order valence-electron chi connectivity index (χ1n) is 17.9. The summed E-state index contributed by atoms with van der Waals surface area (Å²) in [5.74, 6) is 1.70. The van der Waals surface area contributed by atoms with E-state index in [0.29, 0.717) is 0 Å². The molecule has 2 aliphatic rings. The molecule has 60 heavy (non-hydrogen) atoms. The van der Waals surface area contributed by atoms with Crippen molar-refractivity contribution in [1.29, 1.82) is 0 Å². The van der Waals surface area contributed by atoms with Gasteiger partial charge in [0.25, 0.3) is 0 Å². The van der Waals surface area contributed by atoms with Crippen molar-refractivity contribution in [3.05, 3.63) is 143 Å². The SMILES string of the molecule is C(=C\c1cc2ccccc2o1)/c1cc(/C=C/c2cc3ccccc3o2)[n+]2c(c1)-c1c(ccc3c1-c1cccc[n+]1CC3)CC2.O=S(=O)([O-])C(F)(F)F.O=S(=O)([O-])C(F)(F)F. The minimum absolute atomic E-state index is 0.846. The normalized spacial score (nSPS) is 13.9. The Morgan fingerprint density at radius 3 is 1.58 bits per heavy atom. The number of para-hydroxylation sites is 2. The lowest BCUT2D eigenvalue weighted by Gasteiger charge is -2.23. The van der Waals surface area contributed by atoms with Crippen LogP contribution in [-0.2, 0) is 46.2 Å². The first-order chi connectivity index (χ1) is 28.3. The summed E-state index contributed by atoms with van der Waals surface area (Å²) >= 11 is 0. The third kappa shape index (κ3) is 9.06. The van der Waals surface area contributed by atoms with Gasteiger partial charge in [0, 0.05) is 54.0 Å². The lowest BCUT2D eigenvalue weighted by Crippen LogP contribution is -2.44. The van der Waals surface area contributed by atoms with Gasteiger partial charge in [-0.1, -0.05) is 54.6 Å². The Morgan fingerprint density at radius 1 is 0.567 bits per heavy atom. The number of fused-ring (bicyclic) bond motifs is 9. The third-order valence-corrected chi connectivity index (χ3v) is 10.7. The van der Waals surface area contributed by atoms with Gasteiger partial charge in [0.1, 0.15) is 22.7 Å². The predicted octanol–water partition coefficient (Wildman–Crippen LogP) is 8.64. The van der Waals surface area contributed by atoms with Crippen molar-refractivity contribution in [2.45, 2.75) is 36.9 Å². The van der Waals surface area contributed by atoms with Crippen LogP contribution in [0.5, 0.6) is 0 Å². The maximum atomic E-state index is 10.7. The molecule has 0 saturated carbocycles. The molecule has 0 amide bonds. The van der Waals surface area contributed by atoms with E-state index in [1.165, 1.54) is 33.6 Å². The van der Waals surface area contributed by atoms with Crippen LogP contribution in [0.4, 0.5) is 26.3 Å². The van der Waals surface area contributed by atoms with Gasteiger partial charge >= 0.3 is 11.0 Å². The van der Waals surface area contributed by atoms with Crippen molar-refractivity contribution >= 4 is 66.5 Å². The number of alkyl halides is 6. The van der Waals surface area contributed by atoms with Crippen LogP contribution in [0, 0.1) is 0 Å². The molecule has 0 saturated heterocycles. The number of rotatable bonds is 4. The molecule has 0 N–H and O–H groups in total. The Hall–Kier alpha value is -6.08. The monoisotopic (exact) mass is 868 g/mol. The van der Waals surface area contributed by atoms with Gasteiger partial charge in [-0.05, 0) is 59.2 Å². The molecular weight excluding hydrogens is 839 g/mol. The van der Waals surface area contributed by atoms with E-state index >= 15 is 0 Å². The molecule has 0 unspecified atom stereocenters. The molecule has 4 aromatic heterocycles. The van der Waals surface area contributed by atoms with E-state index in [2.05, 4.69) is 106 Å². The van der Waals surface area contributed by atoms with Crippen molar-refractivity contribution in [2.24, 2.45) is 0 Å². The third-order valence-electron chi connectivity index (χ3n) is 9.59. The number of pyridine rings is 2. The van der Waals surface area contributed by atoms with Gasteiger partial charge < -0.3 is 17.9 Å². The summed E-state index contributed by atoms with van der Waals surface area (Å²) in [6, 6.07) is 36.4. The molecule has 0 atom stereocenters. The average molecular weight is 869 g/mol. The molecule has 10 nitrogen and oxygen atoms in total. The van der Waals surface area contributed by atoms with Crippen LogP contribution in [0.2, 0.25) is 0 Å². The summed E-state index contributed by atoms with van der Waals surface area (Å²) in [6.07, 6.45) is 12.8. The zero-order valence-corrected chi connectivity index (χ0v) is 32.4. The molecule has 18 heteroatoms. The van der Waals surface area contributed by atoms with E-state index in [1.54, 1.807) is 0 Å². The Balaban J connectivity index is 0.000000290. The summed E-state index contributed by atoms with van der Waals surface area (Å²) in [7, 11) is -12.2. The van der Waals surface area contributed by atoms with Gasteiger partial charge in [0.05, 0.1) is 11.1 Å². The molecule has 3 aromatic carbocycles. The van der Waals surface area contributed by atoms with Gasteiger partial charge in [0.15, 0.2) is 39.5 Å². The van der Waals surface area contributed by atoms with Crippen LogP contribution in [0.15, 0.2) is 118 Å². The quantitative estimate of drug-likeness (QED) is 0.0739. The van der Waals surface area contributed by atoms with Crippen LogP contribution < -0.4 is 9.13 Å². The van der Waals surface area contributed by atoms with Gasteiger partial charge in [-0.2, -0.15) is 35.5 Å². The van der Waals surface area contributed by atoms with E-state index in [1.807, 2.05) is 36.4 Å². The highest BCUT2D eigenvalue weighted by Gasteiger charge is 2.38. The number of hydrogen-bond donors (Lipinski definition) is 0. The standard InChI is InChI=1S/C40H30N2O2.2CHF3O3S/c1-3-10-37-30(7-1)25-33(43-37)16-12-27-23-32(15-17-34-26-31-8-2-4-11-38(31)44-34)42-22-19-29-14-13-28-18-21-41-20-6-5-9-35(41)39(28)40(29)36(42)24-27;2*2-1(3,4)8(5,6)7/h1-17,20,23-26H,18-19,21-22H2;2*(H,5,6,7)/q+2;;/p-2/b16-12+,17-15+;;. The molecule has 0 fully saturated rings. The van der Waals surface area contributed by atoms with Crippen LogP contribution in [0.3, 0.4) is 0 Å². The molecule has 6 heterocycles. The molecule has 0 radical (unpaired) electrons. The number of halogens is 6. The van der Waals surface area contributed by atoms with Gasteiger partial charge in [-0.25, -0.2) is 16.8 Å². The largest absolute Gasteiger partial charge is 0.741 e. The highest BCUT2D eigenvalue weighted by atomic mass is 32.2. The lowest BCUT2D eigenvalue weighted by molar-refractivity contribution is -0.690. The maximum absolute atomic E-state index is 10.7. The van der Waals surface area contributed by atoms with E-state index < -0.39 is 31.3 Å². The fourth-order valence-electron chi connectivity index (χ4n) is 6.93. The van der Waals surface area contributed by atoms with Crippen LogP contribution >= 0.6 is 0 Å². The van der Waals surface area contributed by atoms with Crippen LogP contribution in [0.25, 0.3) is 68.8 Å². The highest BCUT2D eigenvalue weighted by Crippen LogP contribution is 2.40. The Labute approximate surface area is 338 Å². The smallest absolute Gasteiger partial charge is 0.485 e. The zero-order chi connectivity index (χ0) is 43.0.